The van der Waals surface area contributed by atoms with Gasteiger partial charge in [-0.2, -0.15) is 0 Å². The molecule has 0 saturated carbocycles. The molecule has 1 aliphatic rings. The van der Waals surface area contributed by atoms with Crippen LogP contribution in [0.2, 0.25) is 0 Å². The lowest BCUT2D eigenvalue weighted by molar-refractivity contribution is 0.340. The van der Waals surface area contributed by atoms with Gasteiger partial charge in [-0.1, -0.05) is 32.0 Å². The number of ether oxygens (including phenoxy) is 1. The number of allylic oxidation sites excluding steroid dienone is 2. The van der Waals surface area contributed by atoms with Gasteiger partial charge in [0.2, 0.25) is 10.4 Å². The molecule has 0 atom stereocenters. The van der Waals surface area contributed by atoms with Crippen molar-refractivity contribution in [3.63, 3.8) is 0 Å². The largest absolute Gasteiger partial charge is 0.726 e. The van der Waals surface area contributed by atoms with Gasteiger partial charge in [0, 0.05) is 30.1 Å². The van der Waals surface area contributed by atoms with Crippen molar-refractivity contribution in [1.29, 1.82) is 0 Å². The molecule has 1 aliphatic heterocycles. The van der Waals surface area contributed by atoms with Crippen molar-refractivity contribution in [2.24, 2.45) is 4.99 Å². The maximum absolute atomic E-state index is 8.63. The van der Waals surface area contributed by atoms with Gasteiger partial charge in [0.15, 0.2) is 0 Å². The van der Waals surface area contributed by atoms with Crippen LogP contribution in [-0.4, -0.2) is 37.4 Å². The average molecular weight is 418 g/mol. The van der Waals surface area contributed by atoms with Crippen LogP contribution < -0.4 is 9.64 Å². The summed E-state index contributed by atoms with van der Waals surface area (Å²) in [7, 11) is -2.80. The highest BCUT2D eigenvalue weighted by Gasteiger charge is 2.37. The summed E-state index contributed by atoms with van der Waals surface area (Å²) in [6.45, 7) is 7.17. The molecule has 156 valence electrons. The SMILES string of the molecule is CCOc1ccc(N=CC=C2N(C)c3ccccc3C2(C)C)cc1.O=S(=O)([O-])O. The quantitative estimate of drug-likeness (QED) is 0.456. The lowest BCUT2D eigenvalue weighted by atomic mass is 9.84. The molecule has 1 N–H and O–H groups in total. The van der Waals surface area contributed by atoms with E-state index < -0.39 is 10.4 Å². The van der Waals surface area contributed by atoms with E-state index in [1.807, 2.05) is 37.4 Å². The Balaban J connectivity index is 0.000000537. The molecule has 0 bridgehead atoms. The first-order valence-electron chi connectivity index (χ1n) is 9.03. The highest BCUT2D eigenvalue weighted by atomic mass is 32.3. The van der Waals surface area contributed by atoms with Crippen LogP contribution in [0.25, 0.3) is 0 Å². The molecule has 0 spiro atoms. The van der Waals surface area contributed by atoms with E-state index in [1.54, 1.807) is 0 Å². The molecule has 7 nitrogen and oxygen atoms in total. The van der Waals surface area contributed by atoms with Crippen LogP contribution in [0.1, 0.15) is 26.3 Å². The molecule has 0 unspecified atom stereocenters. The second-order valence-corrected chi connectivity index (χ2v) is 7.74. The van der Waals surface area contributed by atoms with Crippen LogP contribution >= 0.6 is 0 Å². The minimum atomic E-state index is -4.92. The molecule has 29 heavy (non-hydrogen) atoms. The molecule has 1 heterocycles. The van der Waals surface area contributed by atoms with Crippen molar-refractivity contribution in [2.75, 3.05) is 18.6 Å². The van der Waals surface area contributed by atoms with E-state index in [0.717, 1.165) is 11.4 Å². The number of hydrogen-bond acceptors (Lipinski definition) is 6. The molecule has 0 saturated heterocycles. The number of nitrogens with zero attached hydrogens (tertiary/aromatic N) is 2. The normalized spacial score (nSPS) is 16.5. The Kier molecular flexibility index (Phi) is 7.18. The Labute approximate surface area is 171 Å². The third-order valence-corrected chi connectivity index (χ3v) is 4.54. The maximum atomic E-state index is 8.63. The molecule has 2 aromatic rings. The highest BCUT2D eigenvalue weighted by Crippen LogP contribution is 2.46. The second-order valence-electron chi connectivity index (χ2n) is 6.89. The first-order valence-corrected chi connectivity index (χ1v) is 10.4. The molecule has 0 aliphatic carbocycles. The van der Waals surface area contributed by atoms with Gasteiger partial charge in [0.1, 0.15) is 5.75 Å². The number of fused-ring (bicyclic) bond motifs is 1. The Morgan fingerprint density at radius 3 is 2.31 bits per heavy atom. The first-order chi connectivity index (χ1) is 13.5. The summed E-state index contributed by atoms with van der Waals surface area (Å²) in [5, 5.41) is 0. The lowest BCUT2D eigenvalue weighted by Gasteiger charge is -2.23. The van der Waals surface area contributed by atoms with Crippen molar-refractivity contribution >= 4 is 28.0 Å². The van der Waals surface area contributed by atoms with Crippen LogP contribution in [0.5, 0.6) is 5.75 Å². The highest BCUT2D eigenvalue weighted by molar-refractivity contribution is 7.79. The molecule has 0 radical (unpaired) electrons. The van der Waals surface area contributed by atoms with Gasteiger partial charge in [-0.15, -0.1) is 0 Å². The standard InChI is InChI=1S/C21H24N2O.H2O4S/c1-5-24-17-12-10-16(11-13-17)22-15-14-20-21(2,3)18-8-6-7-9-19(18)23(20)4;1-5(2,3)4/h6-15H,5H2,1-4H3;(H2,1,2,3,4)/p-1. The summed E-state index contributed by atoms with van der Waals surface area (Å²) in [5.74, 6) is 0.877. The first kappa shape index (κ1) is 22.6. The van der Waals surface area contributed by atoms with Crippen molar-refractivity contribution in [3.05, 3.63) is 65.9 Å². The van der Waals surface area contributed by atoms with Crippen molar-refractivity contribution in [1.82, 2.24) is 0 Å². The number of rotatable bonds is 4. The summed E-state index contributed by atoms with van der Waals surface area (Å²) in [4.78, 5) is 6.80. The van der Waals surface area contributed by atoms with Crippen LogP contribution in [0.3, 0.4) is 0 Å². The average Bonchev–Trinajstić information content (AvgIpc) is 2.83. The number of aliphatic imine (C=N–C) groups is 1. The number of anilines is 1. The predicted molar refractivity (Wildman–Crippen MR) is 114 cm³/mol. The van der Waals surface area contributed by atoms with E-state index in [2.05, 4.69) is 61.1 Å². The number of likely N-dealkylation sites (N-methyl/N-ethyl adjacent to an activating group) is 1. The number of benzene rings is 2. The fourth-order valence-corrected chi connectivity index (χ4v) is 3.29. The third kappa shape index (κ3) is 6.15. The lowest BCUT2D eigenvalue weighted by Crippen LogP contribution is -2.22. The molecule has 0 fully saturated rings. The molecule has 8 heteroatoms. The number of para-hydroxylation sites is 1. The minimum absolute atomic E-state index is 0.0177. The fraction of sp³-hybridized carbons (Fsp3) is 0.286. The van der Waals surface area contributed by atoms with Crippen LogP contribution in [0, 0.1) is 0 Å². The van der Waals surface area contributed by atoms with Crippen LogP contribution in [-0.2, 0) is 15.8 Å². The summed E-state index contributed by atoms with van der Waals surface area (Å²) in [6.07, 6.45) is 3.99. The van der Waals surface area contributed by atoms with Crippen LogP contribution in [0.4, 0.5) is 11.4 Å². The molecule has 3 rings (SSSR count). The zero-order valence-corrected chi connectivity index (χ0v) is 17.7. The predicted octanol–water partition coefficient (Wildman–Crippen LogP) is 4.10. The summed E-state index contributed by atoms with van der Waals surface area (Å²) in [6, 6.07) is 16.4. The smallest absolute Gasteiger partial charge is 0.215 e. The van der Waals surface area contributed by atoms with Gasteiger partial charge in [-0.25, -0.2) is 8.42 Å². The van der Waals surface area contributed by atoms with Gasteiger partial charge < -0.3 is 14.2 Å². The van der Waals surface area contributed by atoms with Gasteiger partial charge >= 0.3 is 0 Å². The van der Waals surface area contributed by atoms with Gasteiger partial charge in [0.05, 0.1) is 12.3 Å². The second kappa shape index (κ2) is 9.21. The monoisotopic (exact) mass is 417 g/mol. The molecular formula is C21H25N2O5S-. The third-order valence-electron chi connectivity index (χ3n) is 4.54. The number of hydrogen-bond donors (Lipinski definition) is 1. The van der Waals surface area contributed by atoms with E-state index in [1.165, 1.54) is 16.9 Å². The summed E-state index contributed by atoms with van der Waals surface area (Å²) < 4.78 is 38.3. The van der Waals surface area contributed by atoms with Crippen LogP contribution in [0.15, 0.2) is 65.3 Å². The van der Waals surface area contributed by atoms with Crippen molar-refractivity contribution in [2.45, 2.75) is 26.2 Å². The molecule has 0 amide bonds. The Hall–Kier alpha value is -2.68. The van der Waals surface area contributed by atoms with E-state index in [-0.39, 0.29) is 5.41 Å². The Morgan fingerprint density at radius 1 is 1.17 bits per heavy atom. The van der Waals surface area contributed by atoms with Gasteiger partial charge in [-0.05, 0) is 48.9 Å². The zero-order chi connectivity index (χ0) is 21.7. The van der Waals surface area contributed by atoms with E-state index in [4.69, 9.17) is 22.3 Å². The van der Waals surface area contributed by atoms with Gasteiger partial charge in [0.25, 0.3) is 0 Å². The van der Waals surface area contributed by atoms with Crippen molar-refractivity contribution < 1.29 is 22.3 Å². The molecule has 2 aromatic carbocycles. The zero-order valence-electron chi connectivity index (χ0n) is 16.9. The summed E-state index contributed by atoms with van der Waals surface area (Å²) in [5.41, 5.74) is 4.78. The molecular weight excluding hydrogens is 392 g/mol. The summed E-state index contributed by atoms with van der Waals surface area (Å²) >= 11 is 0. The van der Waals surface area contributed by atoms with Crippen molar-refractivity contribution in [3.8, 4) is 5.75 Å². The van der Waals surface area contributed by atoms with E-state index in [0.29, 0.717) is 6.61 Å². The van der Waals surface area contributed by atoms with Gasteiger partial charge in [-0.3, -0.25) is 9.55 Å². The minimum Gasteiger partial charge on any atom is -0.726 e. The fourth-order valence-electron chi connectivity index (χ4n) is 3.29. The van der Waals surface area contributed by atoms with E-state index >= 15 is 0 Å². The topological polar surface area (TPSA) is 102 Å². The van der Waals surface area contributed by atoms with E-state index in [9.17, 15) is 0 Å². The molecule has 0 aromatic heterocycles. The Morgan fingerprint density at radius 2 is 1.76 bits per heavy atom. The Bertz CT molecular complexity index is 988. The maximum Gasteiger partial charge on any atom is 0.215 e.